The Morgan fingerprint density at radius 3 is 2.00 bits per heavy atom. The highest BCUT2D eigenvalue weighted by Gasteiger charge is 2.32. The van der Waals surface area contributed by atoms with Crippen LogP contribution >= 0.6 is 0 Å². The lowest BCUT2D eigenvalue weighted by molar-refractivity contribution is -0.143. The Morgan fingerprint density at radius 1 is 0.861 bits per heavy atom. The summed E-state index contributed by atoms with van der Waals surface area (Å²) >= 11 is 0. The zero-order valence-corrected chi connectivity index (χ0v) is 21.8. The fourth-order valence-corrected chi connectivity index (χ4v) is 3.72. The second-order valence-electron chi connectivity index (χ2n) is 9.90. The quantitative estimate of drug-likeness (QED) is 0.181. The first kappa shape index (κ1) is 31.1. The summed E-state index contributed by atoms with van der Waals surface area (Å²) in [5, 5.41) is 17.5. The number of carbonyl (C=O) groups is 4. The predicted molar refractivity (Wildman–Crippen MR) is 139 cm³/mol. The molecule has 3 amide bonds. The second-order valence-corrected chi connectivity index (χ2v) is 9.90. The van der Waals surface area contributed by atoms with Crippen molar-refractivity contribution in [3.63, 3.8) is 0 Å². The maximum absolute atomic E-state index is 13.3. The summed E-state index contributed by atoms with van der Waals surface area (Å²) in [4.78, 5) is 50.6. The zero-order valence-electron chi connectivity index (χ0n) is 21.8. The molecule has 0 fully saturated rings. The van der Waals surface area contributed by atoms with Crippen LogP contribution in [-0.2, 0) is 25.6 Å². The number of carbonyl (C=O) groups excluding carboxylic acids is 3. The van der Waals surface area contributed by atoms with Crippen LogP contribution in [0, 0.1) is 11.8 Å². The average molecular weight is 506 g/mol. The molecule has 1 rings (SSSR count). The van der Waals surface area contributed by atoms with E-state index in [0.29, 0.717) is 19.4 Å². The van der Waals surface area contributed by atoms with Gasteiger partial charge in [0, 0.05) is 6.42 Å². The van der Waals surface area contributed by atoms with Gasteiger partial charge in [-0.1, -0.05) is 64.4 Å². The maximum atomic E-state index is 13.3. The second kappa shape index (κ2) is 15.9. The van der Waals surface area contributed by atoms with Gasteiger partial charge in [-0.05, 0) is 43.2 Å². The predicted octanol–water partition coefficient (Wildman–Crippen LogP) is 0.927. The molecule has 0 heterocycles. The number of amides is 3. The van der Waals surface area contributed by atoms with Crippen LogP contribution in [-0.4, -0.2) is 59.5 Å². The number of nitrogens with one attached hydrogen (secondary N) is 3. The lowest BCUT2D eigenvalue weighted by atomic mass is 9.99. The molecule has 0 radical (unpaired) electrons. The molecule has 10 nitrogen and oxygen atoms in total. The van der Waals surface area contributed by atoms with Gasteiger partial charge in [-0.25, -0.2) is 4.79 Å². The Hall–Kier alpha value is -2.98. The maximum Gasteiger partial charge on any atom is 0.326 e. The molecular weight excluding hydrogens is 462 g/mol. The van der Waals surface area contributed by atoms with Crippen molar-refractivity contribution in [1.29, 1.82) is 0 Å². The zero-order chi connectivity index (χ0) is 27.3. The Kier molecular flexibility index (Phi) is 13.7. The molecule has 4 atom stereocenters. The highest BCUT2D eigenvalue weighted by Crippen LogP contribution is 2.10. The summed E-state index contributed by atoms with van der Waals surface area (Å²) < 4.78 is 0. The summed E-state index contributed by atoms with van der Waals surface area (Å²) in [5.41, 5.74) is 12.3. The monoisotopic (exact) mass is 505 g/mol. The number of carboxylic acid groups (broad SMARTS) is 1. The van der Waals surface area contributed by atoms with E-state index in [0.717, 1.165) is 12.0 Å². The molecule has 4 unspecified atom stereocenters. The molecular formula is C26H43N5O5. The first-order chi connectivity index (χ1) is 17.0. The minimum Gasteiger partial charge on any atom is -0.480 e. The number of aliphatic carboxylic acids is 1. The highest BCUT2D eigenvalue weighted by molar-refractivity contribution is 5.94. The van der Waals surface area contributed by atoms with Crippen LogP contribution in [0.15, 0.2) is 30.3 Å². The normalized spacial score (nSPS) is 14.6. The number of hydrogen-bond acceptors (Lipinski definition) is 6. The Morgan fingerprint density at radius 2 is 1.47 bits per heavy atom. The summed E-state index contributed by atoms with van der Waals surface area (Å²) in [6.45, 7) is 7.73. The van der Waals surface area contributed by atoms with Crippen molar-refractivity contribution in [2.24, 2.45) is 23.3 Å². The average Bonchev–Trinajstić information content (AvgIpc) is 2.81. The van der Waals surface area contributed by atoms with Gasteiger partial charge < -0.3 is 32.5 Å². The Bertz CT molecular complexity index is 846. The molecule has 36 heavy (non-hydrogen) atoms. The number of unbranched alkanes of at least 4 members (excludes halogenated alkanes) is 1. The summed E-state index contributed by atoms with van der Waals surface area (Å²) in [7, 11) is 0. The lowest BCUT2D eigenvalue weighted by Crippen LogP contribution is -2.59. The van der Waals surface area contributed by atoms with Gasteiger partial charge in [0.15, 0.2) is 0 Å². The number of nitrogens with two attached hydrogens (primary N) is 2. The summed E-state index contributed by atoms with van der Waals surface area (Å²) in [6.07, 6.45) is 2.33. The summed E-state index contributed by atoms with van der Waals surface area (Å²) in [5.74, 6) is -3.01. The molecule has 202 valence electrons. The molecule has 1 aromatic rings. The third-order valence-electron chi connectivity index (χ3n) is 5.79. The van der Waals surface area contributed by atoms with Gasteiger partial charge in [-0.15, -0.1) is 0 Å². The van der Waals surface area contributed by atoms with E-state index in [4.69, 9.17) is 11.5 Å². The molecule has 0 spiro atoms. The van der Waals surface area contributed by atoms with Gasteiger partial charge in [-0.2, -0.15) is 0 Å². The van der Waals surface area contributed by atoms with E-state index in [1.807, 2.05) is 44.2 Å². The van der Waals surface area contributed by atoms with Crippen molar-refractivity contribution in [2.75, 3.05) is 6.54 Å². The van der Waals surface area contributed by atoms with E-state index in [1.165, 1.54) is 0 Å². The number of hydrogen-bond donors (Lipinski definition) is 6. The minimum atomic E-state index is -1.14. The van der Waals surface area contributed by atoms with Crippen LogP contribution in [0.4, 0.5) is 0 Å². The van der Waals surface area contributed by atoms with Crippen molar-refractivity contribution in [3.05, 3.63) is 35.9 Å². The van der Waals surface area contributed by atoms with E-state index in [9.17, 15) is 24.3 Å². The molecule has 0 saturated carbocycles. The van der Waals surface area contributed by atoms with Crippen molar-refractivity contribution in [1.82, 2.24) is 16.0 Å². The molecule has 0 bridgehead atoms. The highest BCUT2D eigenvalue weighted by atomic mass is 16.4. The standard InChI is InChI=1S/C26H43N5O5/c1-16(2)14-21(26(35)36)30-25(34)22(17(3)4)31-24(33)20(15-18-10-6-5-7-11-18)29-23(32)19(28)12-8-9-13-27/h5-7,10-11,16-17,19-22H,8-9,12-15,27-28H2,1-4H3,(H,29,32)(H,30,34)(H,31,33)(H,35,36). The van der Waals surface area contributed by atoms with Gasteiger partial charge in [-0.3, -0.25) is 14.4 Å². The SMILES string of the molecule is CC(C)CC(NC(=O)C(NC(=O)C(Cc1ccccc1)NC(=O)C(N)CCCCN)C(C)C)C(=O)O. The van der Waals surface area contributed by atoms with Crippen LogP contribution in [0.2, 0.25) is 0 Å². The third kappa shape index (κ3) is 11.2. The van der Waals surface area contributed by atoms with Gasteiger partial charge in [0.1, 0.15) is 18.1 Å². The molecule has 0 aliphatic heterocycles. The van der Waals surface area contributed by atoms with E-state index in [-0.39, 0.29) is 24.7 Å². The van der Waals surface area contributed by atoms with Crippen molar-refractivity contribution < 1.29 is 24.3 Å². The third-order valence-corrected chi connectivity index (χ3v) is 5.79. The van der Waals surface area contributed by atoms with E-state index in [2.05, 4.69) is 16.0 Å². The van der Waals surface area contributed by atoms with Crippen LogP contribution in [0.1, 0.15) is 58.9 Å². The van der Waals surface area contributed by atoms with Gasteiger partial charge in [0.25, 0.3) is 0 Å². The lowest BCUT2D eigenvalue weighted by Gasteiger charge is -2.27. The first-order valence-electron chi connectivity index (χ1n) is 12.6. The molecule has 8 N–H and O–H groups in total. The molecule has 0 aliphatic carbocycles. The fourth-order valence-electron chi connectivity index (χ4n) is 3.72. The smallest absolute Gasteiger partial charge is 0.326 e. The number of carboxylic acids is 1. The van der Waals surface area contributed by atoms with Crippen LogP contribution in [0.25, 0.3) is 0 Å². The number of rotatable bonds is 16. The van der Waals surface area contributed by atoms with E-state index in [1.54, 1.807) is 13.8 Å². The van der Waals surface area contributed by atoms with Crippen LogP contribution in [0.3, 0.4) is 0 Å². The summed E-state index contributed by atoms with van der Waals surface area (Å²) in [6, 6.07) is 5.36. The number of benzene rings is 1. The Balaban J connectivity index is 3.02. The fraction of sp³-hybridized carbons (Fsp3) is 0.615. The van der Waals surface area contributed by atoms with Crippen LogP contribution < -0.4 is 27.4 Å². The van der Waals surface area contributed by atoms with Crippen LogP contribution in [0.5, 0.6) is 0 Å². The molecule has 0 aromatic heterocycles. The van der Waals surface area contributed by atoms with Gasteiger partial charge >= 0.3 is 5.97 Å². The van der Waals surface area contributed by atoms with Gasteiger partial charge in [0.2, 0.25) is 17.7 Å². The topological polar surface area (TPSA) is 177 Å². The van der Waals surface area contributed by atoms with E-state index < -0.39 is 47.9 Å². The van der Waals surface area contributed by atoms with Crippen molar-refractivity contribution >= 4 is 23.7 Å². The largest absolute Gasteiger partial charge is 0.480 e. The van der Waals surface area contributed by atoms with Crippen molar-refractivity contribution in [2.45, 2.75) is 84.0 Å². The molecule has 0 aliphatic rings. The molecule has 0 saturated heterocycles. The molecule has 10 heteroatoms. The van der Waals surface area contributed by atoms with Crippen molar-refractivity contribution in [3.8, 4) is 0 Å². The van der Waals surface area contributed by atoms with E-state index >= 15 is 0 Å². The first-order valence-corrected chi connectivity index (χ1v) is 12.6. The minimum absolute atomic E-state index is 0.0537. The van der Waals surface area contributed by atoms with Gasteiger partial charge in [0.05, 0.1) is 6.04 Å². The molecule has 1 aromatic carbocycles. The Labute approximate surface area is 213 Å².